The van der Waals surface area contributed by atoms with Gasteiger partial charge in [0.25, 0.3) is 0 Å². The number of hydrogen-bond donors (Lipinski definition) is 3. The van der Waals surface area contributed by atoms with Crippen LogP contribution in [0, 0.1) is 5.41 Å². The second-order valence-electron chi connectivity index (χ2n) is 4.00. The molecular weight excluding hydrogens is 224 g/mol. The van der Waals surface area contributed by atoms with Gasteiger partial charge in [-0.2, -0.15) is 0 Å². The van der Waals surface area contributed by atoms with Crippen LogP contribution >= 0.6 is 11.8 Å². The number of amidine groups is 1. The third kappa shape index (κ3) is 2.04. The summed E-state index contributed by atoms with van der Waals surface area (Å²) in [6.45, 7) is 3.08. The second kappa shape index (κ2) is 3.11. The molecule has 0 aromatic carbocycles. The molecule has 1 aliphatic rings. The topological polar surface area (TPSA) is 104 Å². The van der Waals surface area contributed by atoms with Gasteiger partial charge in [0.1, 0.15) is 0 Å². The minimum absolute atomic E-state index is 0.142. The van der Waals surface area contributed by atoms with Crippen molar-refractivity contribution in [3.63, 3.8) is 0 Å². The highest BCUT2D eigenvalue weighted by atomic mass is 32.2. The normalized spacial score (nSPS) is 41.1. The Morgan fingerprint density at radius 3 is 2.29 bits per heavy atom. The lowest BCUT2D eigenvalue weighted by molar-refractivity contribution is 0.0628. The fourth-order valence-corrected chi connectivity index (χ4v) is 5.66. The summed E-state index contributed by atoms with van der Waals surface area (Å²) < 4.78 is 21.8. The number of thioether (sulfide) groups is 1. The molecule has 4 N–H and O–H groups in total. The van der Waals surface area contributed by atoms with Crippen molar-refractivity contribution in [1.82, 2.24) is 0 Å². The van der Waals surface area contributed by atoms with E-state index in [0.717, 1.165) is 11.8 Å². The quantitative estimate of drug-likeness (QED) is 0.424. The average molecular weight is 238 g/mol. The summed E-state index contributed by atoms with van der Waals surface area (Å²) in [7, 11) is -3.23. The van der Waals surface area contributed by atoms with E-state index >= 15 is 0 Å². The minimum atomic E-state index is -3.23. The lowest BCUT2D eigenvalue weighted by atomic mass is 9.94. The first-order valence-electron chi connectivity index (χ1n) is 4.04. The van der Waals surface area contributed by atoms with E-state index in [4.69, 9.17) is 11.1 Å². The number of nitrogens with one attached hydrogen (secondary N) is 1. The fraction of sp³-hybridized carbons (Fsp3) is 0.857. The summed E-state index contributed by atoms with van der Waals surface area (Å²) in [5.74, 6) is -0.409. The third-order valence-corrected chi connectivity index (χ3v) is 5.93. The van der Waals surface area contributed by atoms with Crippen molar-refractivity contribution in [1.29, 1.82) is 5.41 Å². The highest BCUT2D eigenvalue weighted by molar-refractivity contribution is 8.15. The summed E-state index contributed by atoms with van der Waals surface area (Å²) in [5, 5.41) is 16.9. The SMILES string of the molecule is CC1(O)CS(=O)(=O)CC1(C)SC(=N)N. The molecule has 7 heteroatoms. The van der Waals surface area contributed by atoms with Crippen LogP contribution in [0.25, 0.3) is 0 Å². The Bertz CT molecular complexity index is 363. The smallest absolute Gasteiger partial charge is 0.154 e. The lowest BCUT2D eigenvalue weighted by Crippen LogP contribution is -2.47. The van der Waals surface area contributed by atoms with Crippen LogP contribution in [-0.4, -0.2) is 40.5 Å². The number of nitrogens with two attached hydrogens (primary N) is 1. The number of sulfone groups is 1. The first-order chi connectivity index (χ1) is 6.08. The van der Waals surface area contributed by atoms with Crippen molar-refractivity contribution in [3.05, 3.63) is 0 Å². The van der Waals surface area contributed by atoms with Gasteiger partial charge in [0.2, 0.25) is 0 Å². The minimum Gasteiger partial charge on any atom is -0.388 e. The Morgan fingerprint density at radius 2 is 2.00 bits per heavy atom. The Labute approximate surface area is 87.5 Å². The monoisotopic (exact) mass is 238 g/mol. The molecule has 0 amide bonds. The second-order valence-corrected chi connectivity index (χ2v) is 7.61. The first kappa shape index (κ1) is 11.8. The van der Waals surface area contributed by atoms with E-state index in [1.165, 1.54) is 6.92 Å². The van der Waals surface area contributed by atoms with Gasteiger partial charge in [0, 0.05) is 0 Å². The van der Waals surface area contributed by atoms with Gasteiger partial charge in [0.15, 0.2) is 15.0 Å². The summed E-state index contributed by atoms with van der Waals surface area (Å²) in [6, 6.07) is 0. The van der Waals surface area contributed by atoms with Gasteiger partial charge in [-0.1, -0.05) is 11.8 Å². The zero-order valence-corrected chi connectivity index (χ0v) is 9.70. The van der Waals surface area contributed by atoms with Crippen LogP contribution in [0.3, 0.4) is 0 Å². The molecule has 1 heterocycles. The molecule has 1 saturated heterocycles. The van der Waals surface area contributed by atoms with Crippen LogP contribution in [0.2, 0.25) is 0 Å². The van der Waals surface area contributed by atoms with Gasteiger partial charge >= 0.3 is 0 Å². The van der Waals surface area contributed by atoms with Crippen molar-refractivity contribution >= 4 is 26.8 Å². The maximum absolute atomic E-state index is 11.4. The zero-order valence-electron chi connectivity index (χ0n) is 8.07. The largest absolute Gasteiger partial charge is 0.388 e. The third-order valence-electron chi connectivity index (χ3n) is 2.47. The number of aliphatic hydroxyl groups is 1. The summed E-state index contributed by atoms with van der Waals surface area (Å²) in [5.41, 5.74) is 3.88. The highest BCUT2D eigenvalue weighted by Crippen LogP contribution is 2.43. The molecule has 5 nitrogen and oxygen atoms in total. The number of rotatable bonds is 1. The van der Waals surface area contributed by atoms with Crippen LogP contribution in [0.1, 0.15) is 13.8 Å². The summed E-state index contributed by atoms with van der Waals surface area (Å²) in [6.07, 6.45) is 0. The van der Waals surface area contributed by atoms with Crippen molar-refractivity contribution in [2.24, 2.45) is 5.73 Å². The van der Waals surface area contributed by atoms with Crippen LogP contribution < -0.4 is 5.73 Å². The molecule has 82 valence electrons. The first-order valence-corrected chi connectivity index (χ1v) is 6.68. The molecule has 0 spiro atoms. The Kier molecular flexibility index (Phi) is 2.62. The molecular formula is C7H14N2O3S2. The molecule has 0 aromatic rings. The standard InChI is InChI=1S/C7H14N2O3S2/c1-6(10)3-14(11,12)4-7(6,2)13-5(8)9/h10H,3-4H2,1-2H3,(H3,8,9). The molecule has 2 atom stereocenters. The predicted octanol–water partition coefficient (Wildman–Crippen LogP) is -0.449. The summed E-state index contributed by atoms with van der Waals surface area (Å²) in [4.78, 5) is 0. The average Bonchev–Trinajstić information content (AvgIpc) is 1.91. The van der Waals surface area contributed by atoms with E-state index in [0.29, 0.717) is 0 Å². The highest BCUT2D eigenvalue weighted by Gasteiger charge is 2.55. The van der Waals surface area contributed by atoms with E-state index in [-0.39, 0.29) is 16.7 Å². The Morgan fingerprint density at radius 1 is 1.50 bits per heavy atom. The molecule has 2 unspecified atom stereocenters. The van der Waals surface area contributed by atoms with E-state index in [1.54, 1.807) is 6.92 Å². The fourth-order valence-electron chi connectivity index (χ4n) is 1.59. The molecule has 1 fully saturated rings. The van der Waals surface area contributed by atoms with Crippen LogP contribution in [-0.2, 0) is 9.84 Å². The lowest BCUT2D eigenvalue weighted by Gasteiger charge is -2.33. The molecule has 1 rings (SSSR count). The van der Waals surface area contributed by atoms with Crippen molar-refractivity contribution in [2.75, 3.05) is 11.5 Å². The van der Waals surface area contributed by atoms with E-state index in [1.807, 2.05) is 0 Å². The van der Waals surface area contributed by atoms with Crippen LogP contribution in [0.4, 0.5) is 0 Å². The van der Waals surface area contributed by atoms with E-state index < -0.39 is 20.2 Å². The Balaban J connectivity index is 3.05. The maximum atomic E-state index is 11.4. The molecule has 0 saturated carbocycles. The van der Waals surface area contributed by atoms with Gasteiger partial charge in [-0.25, -0.2) is 8.42 Å². The molecule has 0 aliphatic carbocycles. The van der Waals surface area contributed by atoms with Gasteiger partial charge in [-0.15, -0.1) is 0 Å². The maximum Gasteiger partial charge on any atom is 0.154 e. The predicted molar refractivity (Wildman–Crippen MR) is 57.2 cm³/mol. The molecule has 14 heavy (non-hydrogen) atoms. The van der Waals surface area contributed by atoms with Gasteiger partial charge < -0.3 is 10.8 Å². The van der Waals surface area contributed by atoms with Crippen LogP contribution in [0.5, 0.6) is 0 Å². The number of hydrogen-bond acceptors (Lipinski definition) is 5. The summed E-state index contributed by atoms with van der Waals surface area (Å²) >= 11 is 0.906. The zero-order chi connectivity index (χ0) is 11.2. The molecule has 0 aromatic heterocycles. The van der Waals surface area contributed by atoms with Crippen molar-refractivity contribution < 1.29 is 13.5 Å². The van der Waals surface area contributed by atoms with E-state index in [9.17, 15) is 13.5 Å². The Hall–Kier alpha value is -0.270. The van der Waals surface area contributed by atoms with Gasteiger partial charge in [0.05, 0.1) is 21.9 Å². The van der Waals surface area contributed by atoms with Gasteiger partial charge in [-0.05, 0) is 13.8 Å². The van der Waals surface area contributed by atoms with Gasteiger partial charge in [-0.3, -0.25) is 5.41 Å². The van der Waals surface area contributed by atoms with Crippen molar-refractivity contribution in [3.8, 4) is 0 Å². The molecule has 0 bridgehead atoms. The van der Waals surface area contributed by atoms with E-state index in [2.05, 4.69) is 0 Å². The molecule has 0 radical (unpaired) electrons. The van der Waals surface area contributed by atoms with Crippen molar-refractivity contribution in [2.45, 2.75) is 24.2 Å². The molecule has 1 aliphatic heterocycles. The van der Waals surface area contributed by atoms with Crippen LogP contribution in [0.15, 0.2) is 0 Å².